The predicted octanol–water partition coefficient (Wildman–Crippen LogP) is 5.95. The van der Waals surface area contributed by atoms with E-state index >= 15 is 0 Å². The van der Waals surface area contributed by atoms with Crippen molar-refractivity contribution in [3.05, 3.63) is 59.7 Å². The van der Waals surface area contributed by atoms with Crippen molar-refractivity contribution in [2.45, 2.75) is 59.0 Å². The molecule has 0 aromatic heterocycles. The largest absolute Gasteiger partial charge is 0.491 e. The van der Waals surface area contributed by atoms with Gasteiger partial charge in [-0.25, -0.2) is 4.79 Å². The van der Waals surface area contributed by atoms with E-state index in [9.17, 15) is 4.79 Å². The third-order valence-electron chi connectivity index (χ3n) is 4.12. The number of ether oxygens (including phenoxy) is 2. The van der Waals surface area contributed by atoms with Gasteiger partial charge in [-0.3, -0.25) is 0 Å². The fraction of sp³-hybridized carbons (Fsp3) is 0.409. The topological polar surface area (TPSA) is 35.5 Å². The Labute approximate surface area is 151 Å². The fourth-order valence-corrected chi connectivity index (χ4v) is 2.59. The van der Waals surface area contributed by atoms with Crippen LogP contribution in [0.25, 0.3) is 0 Å². The van der Waals surface area contributed by atoms with Crippen molar-refractivity contribution in [1.29, 1.82) is 0 Å². The minimum absolute atomic E-state index is 0.183. The maximum absolute atomic E-state index is 12.2. The van der Waals surface area contributed by atoms with E-state index in [2.05, 4.69) is 13.8 Å². The van der Waals surface area contributed by atoms with E-state index < -0.39 is 0 Å². The first kappa shape index (κ1) is 19.0. The molecule has 0 bridgehead atoms. The lowest BCUT2D eigenvalue weighted by molar-refractivity contribution is 0.0734. The minimum Gasteiger partial charge on any atom is -0.491 e. The summed E-state index contributed by atoms with van der Waals surface area (Å²) >= 11 is 0. The Morgan fingerprint density at radius 3 is 2.20 bits per heavy atom. The number of aryl methyl sites for hydroxylation is 1. The van der Waals surface area contributed by atoms with Crippen LogP contribution in [0.5, 0.6) is 11.5 Å². The molecule has 2 aromatic rings. The molecule has 0 aliphatic carbocycles. The van der Waals surface area contributed by atoms with Crippen LogP contribution in [-0.4, -0.2) is 12.1 Å². The van der Waals surface area contributed by atoms with E-state index in [-0.39, 0.29) is 12.1 Å². The molecule has 1 unspecified atom stereocenters. The third-order valence-corrected chi connectivity index (χ3v) is 4.12. The lowest BCUT2D eigenvalue weighted by atomic mass is 10.1. The molecule has 0 fully saturated rings. The van der Waals surface area contributed by atoms with Gasteiger partial charge < -0.3 is 9.47 Å². The second kappa shape index (κ2) is 9.87. The Kier molecular flexibility index (Phi) is 7.52. The van der Waals surface area contributed by atoms with Crippen LogP contribution in [0.3, 0.4) is 0 Å². The molecule has 0 saturated heterocycles. The lowest BCUT2D eigenvalue weighted by Crippen LogP contribution is -2.12. The Morgan fingerprint density at radius 2 is 1.56 bits per heavy atom. The Bertz CT molecular complexity index is 644. The first-order valence-corrected chi connectivity index (χ1v) is 9.14. The lowest BCUT2D eigenvalue weighted by Gasteiger charge is -2.14. The maximum atomic E-state index is 12.2. The van der Waals surface area contributed by atoms with Crippen LogP contribution in [-0.2, 0) is 0 Å². The molecule has 0 aliphatic heterocycles. The van der Waals surface area contributed by atoms with Crippen molar-refractivity contribution in [1.82, 2.24) is 0 Å². The Balaban J connectivity index is 1.84. The molecule has 3 heteroatoms. The maximum Gasteiger partial charge on any atom is 0.343 e. The number of unbranched alkanes of at least 4 members (excludes halogenated alkanes) is 3. The highest BCUT2D eigenvalue weighted by atomic mass is 16.5. The zero-order valence-electron chi connectivity index (χ0n) is 15.5. The number of hydrogen-bond acceptors (Lipinski definition) is 3. The standard InChI is InChI=1S/C22H28O3/c1-4-5-6-7-8-18(3)24-20-15-11-19(12-16-20)22(23)25-21-13-9-17(2)10-14-21/h9-16,18H,4-8H2,1-3H3. The van der Waals surface area contributed by atoms with Crippen LogP contribution < -0.4 is 9.47 Å². The summed E-state index contributed by atoms with van der Waals surface area (Å²) in [6.07, 6.45) is 6.21. The van der Waals surface area contributed by atoms with Gasteiger partial charge in [0.15, 0.2) is 0 Å². The van der Waals surface area contributed by atoms with E-state index in [4.69, 9.17) is 9.47 Å². The van der Waals surface area contributed by atoms with Gasteiger partial charge >= 0.3 is 5.97 Å². The summed E-state index contributed by atoms with van der Waals surface area (Å²) in [6.45, 7) is 6.30. The van der Waals surface area contributed by atoms with Gasteiger partial charge in [-0.05, 0) is 63.1 Å². The highest BCUT2D eigenvalue weighted by Gasteiger charge is 2.10. The average molecular weight is 340 g/mol. The summed E-state index contributed by atoms with van der Waals surface area (Å²) in [5.74, 6) is 0.981. The van der Waals surface area contributed by atoms with Crippen LogP contribution in [0, 0.1) is 6.92 Å². The van der Waals surface area contributed by atoms with Gasteiger partial charge in [0, 0.05) is 0 Å². The van der Waals surface area contributed by atoms with E-state index in [0.29, 0.717) is 11.3 Å². The average Bonchev–Trinajstić information content (AvgIpc) is 2.61. The molecule has 0 radical (unpaired) electrons. The Morgan fingerprint density at radius 1 is 0.920 bits per heavy atom. The molecule has 2 aromatic carbocycles. The summed E-state index contributed by atoms with van der Waals surface area (Å²) in [5.41, 5.74) is 1.65. The Hall–Kier alpha value is -2.29. The van der Waals surface area contributed by atoms with Crippen molar-refractivity contribution in [3.8, 4) is 11.5 Å². The molecule has 25 heavy (non-hydrogen) atoms. The van der Waals surface area contributed by atoms with Crippen molar-refractivity contribution >= 4 is 5.97 Å². The van der Waals surface area contributed by atoms with Gasteiger partial charge in [0.25, 0.3) is 0 Å². The third kappa shape index (κ3) is 6.61. The highest BCUT2D eigenvalue weighted by Crippen LogP contribution is 2.18. The molecule has 0 heterocycles. The van der Waals surface area contributed by atoms with Crippen LogP contribution in [0.1, 0.15) is 61.9 Å². The summed E-state index contributed by atoms with van der Waals surface area (Å²) in [5, 5.41) is 0. The second-order valence-corrected chi connectivity index (χ2v) is 6.50. The van der Waals surface area contributed by atoms with Crippen molar-refractivity contribution in [2.24, 2.45) is 0 Å². The summed E-state index contributed by atoms with van der Waals surface area (Å²) in [7, 11) is 0. The molecule has 0 aliphatic rings. The van der Waals surface area contributed by atoms with E-state index in [1.165, 1.54) is 25.7 Å². The van der Waals surface area contributed by atoms with Gasteiger partial charge in [0.05, 0.1) is 11.7 Å². The monoisotopic (exact) mass is 340 g/mol. The van der Waals surface area contributed by atoms with Gasteiger partial charge in [0.1, 0.15) is 11.5 Å². The predicted molar refractivity (Wildman–Crippen MR) is 101 cm³/mol. The van der Waals surface area contributed by atoms with Gasteiger partial charge in [0.2, 0.25) is 0 Å². The zero-order valence-corrected chi connectivity index (χ0v) is 15.5. The quantitative estimate of drug-likeness (QED) is 0.321. The molecule has 0 amide bonds. The molecule has 1 atom stereocenters. The van der Waals surface area contributed by atoms with Gasteiger partial charge in [-0.1, -0.05) is 43.9 Å². The summed E-state index contributed by atoms with van der Waals surface area (Å²) < 4.78 is 11.3. The number of rotatable bonds is 9. The molecule has 134 valence electrons. The number of hydrogen-bond donors (Lipinski definition) is 0. The zero-order chi connectivity index (χ0) is 18.1. The van der Waals surface area contributed by atoms with Crippen molar-refractivity contribution < 1.29 is 14.3 Å². The molecular formula is C22H28O3. The van der Waals surface area contributed by atoms with E-state index in [1.807, 2.05) is 31.2 Å². The van der Waals surface area contributed by atoms with Crippen LogP contribution in [0.2, 0.25) is 0 Å². The molecule has 0 saturated carbocycles. The number of esters is 1. The minimum atomic E-state index is -0.358. The molecule has 2 rings (SSSR count). The number of carbonyl (C=O) groups is 1. The normalized spacial score (nSPS) is 11.8. The SMILES string of the molecule is CCCCCCC(C)Oc1ccc(C(=O)Oc2ccc(C)cc2)cc1. The van der Waals surface area contributed by atoms with Crippen molar-refractivity contribution in [2.75, 3.05) is 0 Å². The van der Waals surface area contributed by atoms with Crippen LogP contribution in [0.15, 0.2) is 48.5 Å². The molecule has 0 N–H and O–H groups in total. The first-order valence-electron chi connectivity index (χ1n) is 9.14. The van der Waals surface area contributed by atoms with E-state index in [0.717, 1.165) is 17.7 Å². The van der Waals surface area contributed by atoms with Crippen LogP contribution >= 0.6 is 0 Å². The first-order chi connectivity index (χ1) is 12.1. The second-order valence-electron chi connectivity index (χ2n) is 6.50. The van der Waals surface area contributed by atoms with E-state index in [1.54, 1.807) is 24.3 Å². The molecular weight excluding hydrogens is 312 g/mol. The number of benzene rings is 2. The number of carbonyl (C=O) groups excluding carboxylic acids is 1. The van der Waals surface area contributed by atoms with Gasteiger partial charge in [-0.15, -0.1) is 0 Å². The summed E-state index contributed by atoms with van der Waals surface area (Å²) in [6, 6.07) is 14.6. The molecule has 3 nitrogen and oxygen atoms in total. The smallest absolute Gasteiger partial charge is 0.343 e. The molecule has 0 spiro atoms. The van der Waals surface area contributed by atoms with Gasteiger partial charge in [-0.2, -0.15) is 0 Å². The fourth-order valence-electron chi connectivity index (χ4n) is 2.59. The highest BCUT2D eigenvalue weighted by molar-refractivity contribution is 5.91. The summed E-state index contributed by atoms with van der Waals surface area (Å²) in [4.78, 5) is 12.2. The van der Waals surface area contributed by atoms with Crippen molar-refractivity contribution in [3.63, 3.8) is 0 Å². The van der Waals surface area contributed by atoms with Crippen LogP contribution in [0.4, 0.5) is 0 Å².